The second kappa shape index (κ2) is 5.18. The minimum absolute atomic E-state index is 0.145. The maximum absolute atomic E-state index is 10.5. The van der Waals surface area contributed by atoms with Crippen molar-refractivity contribution in [1.82, 2.24) is 0 Å². The molecule has 1 N–H and O–H groups in total. The van der Waals surface area contributed by atoms with Gasteiger partial charge in [0.05, 0.1) is 0 Å². The summed E-state index contributed by atoms with van der Waals surface area (Å²) < 4.78 is 0. The van der Waals surface area contributed by atoms with Gasteiger partial charge in [0.1, 0.15) is 6.10 Å². The van der Waals surface area contributed by atoms with Crippen molar-refractivity contribution in [2.45, 2.75) is 39.2 Å². The third-order valence-electron chi connectivity index (χ3n) is 3.58. The van der Waals surface area contributed by atoms with Gasteiger partial charge in [0.25, 0.3) is 0 Å². The molecule has 2 rings (SSSR count). The molecule has 1 unspecified atom stereocenters. The van der Waals surface area contributed by atoms with Crippen LogP contribution in [-0.4, -0.2) is 5.11 Å². The average molecular weight is 254 g/mol. The molecule has 0 aliphatic rings. The lowest BCUT2D eigenvalue weighted by Gasteiger charge is -2.20. The molecule has 0 spiro atoms. The van der Waals surface area contributed by atoms with Crippen molar-refractivity contribution in [3.63, 3.8) is 0 Å². The van der Waals surface area contributed by atoms with Gasteiger partial charge < -0.3 is 5.11 Å². The van der Waals surface area contributed by atoms with E-state index in [2.05, 4.69) is 32.9 Å². The number of benzene rings is 2. The molecule has 0 amide bonds. The molecule has 0 saturated carbocycles. The smallest absolute Gasteiger partial charge is 0.104 e. The van der Waals surface area contributed by atoms with Gasteiger partial charge in [-0.15, -0.1) is 0 Å². The van der Waals surface area contributed by atoms with E-state index >= 15 is 0 Å². The van der Waals surface area contributed by atoms with Gasteiger partial charge in [-0.1, -0.05) is 69.3 Å². The highest BCUT2D eigenvalue weighted by Gasteiger charge is 2.16. The van der Waals surface area contributed by atoms with Crippen LogP contribution < -0.4 is 0 Å². The quantitative estimate of drug-likeness (QED) is 0.843. The number of aliphatic hydroxyl groups excluding tert-OH is 1. The van der Waals surface area contributed by atoms with E-state index in [-0.39, 0.29) is 5.41 Å². The normalized spacial score (nSPS) is 13.3. The van der Waals surface area contributed by atoms with E-state index in [0.717, 1.165) is 16.7 Å². The fraction of sp³-hybridized carbons (Fsp3) is 0.333. The summed E-state index contributed by atoms with van der Waals surface area (Å²) in [6.45, 7) is 8.61. The van der Waals surface area contributed by atoms with E-state index in [1.165, 1.54) is 5.56 Å². The molecule has 0 bridgehead atoms. The average Bonchev–Trinajstić information content (AvgIpc) is 2.38. The van der Waals surface area contributed by atoms with Crippen molar-refractivity contribution >= 4 is 0 Å². The summed E-state index contributed by atoms with van der Waals surface area (Å²) in [6, 6.07) is 16.2. The van der Waals surface area contributed by atoms with E-state index in [1.807, 2.05) is 43.3 Å². The number of aryl methyl sites for hydroxylation is 1. The van der Waals surface area contributed by atoms with Crippen molar-refractivity contribution < 1.29 is 5.11 Å². The zero-order valence-electron chi connectivity index (χ0n) is 12.1. The van der Waals surface area contributed by atoms with E-state index in [9.17, 15) is 5.11 Å². The minimum atomic E-state index is -0.546. The molecule has 0 saturated heterocycles. The minimum Gasteiger partial charge on any atom is -0.384 e. The summed E-state index contributed by atoms with van der Waals surface area (Å²) in [5.74, 6) is 0. The SMILES string of the molecule is Cc1ccccc1C(O)c1ccc(C(C)(C)C)cc1. The first-order valence-electron chi connectivity index (χ1n) is 6.73. The molecular weight excluding hydrogens is 232 g/mol. The molecule has 0 aliphatic carbocycles. The highest BCUT2D eigenvalue weighted by Crippen LogP contribution is 2.27. The summed E-state index contributed by atoms with van der Waals surface area (Å²) >= 11 is 0. The van der Waals surface area contributed by atoms with Gasteiger partial charge in [0.15, 0.2) is 0 Å². The van der Waals surface area contributed by atoms with E-state index < -0.39 is 6.10 Å². The molecule has 1 nitrogen and oxygen atoms in total. The van der Waals surface area contributed by atoms with Crippen LogP contribution in [0.4, 0.5) is 0 Å². The Balaban J connectivity index is 2.31. The predicted molar refractivity (Wildman–Crippen MR) is 80.4 cm³/mol. The van der Waals surface area contributed by atoms with E-state index in [4.69, 9.17) is 0 Å². The molecule has 1 heteroatoms. The third kappa shape index (κ3) is 3.05. The number of aliphatic hydroxyl groups is 1. The maximum atomic E-state index is 10.5. The van der Waals surface area contributed by atoms with Crippen LogP contribution in [-0.2, 0) is 5.41 Å². The standard InChI is InChI=1S/C18H22O/c1-13-7-5-6-8-16(13)17(19)14-9-11-15(12-10-14)18(2,3)4/h5-12,17,19H,1-4H3. The lowest BCUT2D eigenvalue weighted by atomic mass is 9.86. The first-order chi connectivity index (χ1) is 8.89. The summed E-state index contributed by atoms with van der Waals surface area (Å²) in [5.41, 5.74) is 4.48. The highest BCUT2D eigenvalue weighted by molar-refractivity contribution is 5.37. The number of hydrogen-bond acceptors (Lipinski definition) is 1. The van der Waals surface area contributed by atoms with Gasteiger partial charge >= 0.3 is 0 Å². The first-order valence-corrected chi connectivity index (χ1v) is 6.73. The van der Waals surface area contributed by atoms with Gasteiger partial charge in [-0.25, -0.2) is 0 Å². The van der Waals surface area contributed by atoms with Crippen molar-refractivity contribution in [3.8, 4) is 0 Å². The highest BCUT2D eigenvalue weighted by atomic mass is 16.3. The molecule has 19 heavy (non-hydrogen) atoms. The zero-order valence-corrected chi connectivity index (χ0v) is 12.1. The van der Waals surface area contributed by atoms with Crippen LogP contribution in [0.15, 0.2) is 48.5 Å². The Labute approximate surface area is 115 Å². The summed E-state index contributed by atoms with van der Waals surface area (Å²) in [5, 5.41) is 10.5. The van der Waals surface area contributed by atoms with Gasteiger partial charge in [0.2, 0.25) is 0 Å². The van der Waals surface area contributed by atoms with Crippen molar-refractivity contribution in [2.75, 3.05) is 0 Å². The third-order valence-corrected chi connectivity index (χ3v) is 3.58. The Bertz CT molecular complexity index is 547. The lowest BCUT2D eigenvalue weighted by molar-refractivity contribution is 0.219. The second-order valence-corrected chi connectivity index (χ2v) is 6.13. The Morgan fingerprint density at radius 2 is 1.47 bits per heavy atom. The fourth-order valence-electron chi connectivity index (χ4n) is 2.24. The topological polar surface area (TPSA) is 20.2 Å². The molecule has 100 valence electrons. The van der Waals surface area contributed by atoms with Crippen molar-refractivity contribution in [1.29, 1.82) is 0 Å². The molecule has 0 radical (unpaired) electrons. The largest absolute Gasteiger partial charge is 0.384 e. The van der Waals surface area contributed by atoms with Crippen molar-refractivity contribution in [3.05, 3.63) is 70.8 Å². The van der Waals surface area contributed by atoms with Crippen LogP contribution in [0, 0.1) is 6.92 Å². The van der Waals surface area contributed by atoms with Crippen LogP contribution in [0.25, 0.3) is 0 Å². The predicted octanol–water partition coefficient (Wildman–Crippen LogP) is 4.37. The van der Waals surface area contributed by atoms with Gasteiger partial charge in [-0.2, -0.15) is 0 Å². The van der Waals surface area contributed by atoms with Gasteiger partial charge in [-0.05, 0) is 34.6 Å². The molecule has 0 aromatic heterocycles. The van der Waals surface area contributed by atoms with Gasteiger partial charge in [-0.3, -0.25) is 0 Å². The van der Waals surface area contributed by atoms with E-state index in [0.29, 0.717) is 0 Å². The number of hydrogen-bond donors (Lipinski definition) is 1. The molecule has 2 aromatic rings. The van der Waals surface area contributed by atoms with Crippen LogP contribution in [0.2, 0.25) is 0 Å². The number of rotatable bonds is 2. The summed E-state index contributed by atoms with van der Waals surface area (Å²) in [7, 11) is 0. The first kappa shape index (κ1) is 13.8. The maximum Gasteiger partial charge on any atom is 0.104 e. The van der Waals surface area contributed by atoms with Crippen LogP contribution in [0.5, 0.6) is 0 Å². The van der Waals surface area contributed by atoms with E-state index in [1.54, 1.807) is 0 Å². The molecule has 0 aliphatic heterocycles. The second-order valence-electron chi connectivity index (χ2n) is 6.13. The summed E-state index contributed by atoms with van der Waals surface area (Å²) in [4.78, 5) is 0. The van der Waals surface area contributed by atoms with Crippen LogP contribution >= 0.6 is 0 Å². The van der Waals surface area contributed by atoms with Gasteiger partial charge in [0, 0.05) is 0 Å². The Morgan fingerprint density at radius 1 is 0.895 bits per heavy atom. The Kier molecular flexibility index (Phi) is 3.77. The molecular formula is C18H22O. The Hall–Kier alpha value is -1.60. The van der Waals surface area contributed by atoms with Crippen LogP contribution in [0.1, 0.15) is 49.1 Å². The van der Waals surface area contributed by atoms with Crippen LogP contribution in [0.3, 0.4) is 0 Å². The molecule has 2 aromatic carbocycles. The molecule has 1 atom stereocenters. The zero-order chi connectivity index (χ0) is 14.0. The lowest BCUT2D eigenvalue weighted by Crippen LogP contribution is -2.11. The monoisotopic (exact) mass is 254 g/mol. The molecule has 0 heterocycles. The Morgan fingerprint density at radius 3 is 2.00 bits per heavy atom. The van der Waals surface area contributed by atoms with Crippen molar-refractivity contribution in [2.24, 2.45) is 0 Å². The fourth-order valence-corrected chi connectivity index (χ4v) is 2.24. The summed E-state index contributed by atoms with van der Waals surface area (Å²) in [6.07, 6.45) is -0.546. The molecule has 0 fully saturated rings.